The van der Waals surface area contributed by atoms with Gasteiger partial charge < -0.3 is 9.80 Å². The molecule has 1 aliphatic heterocycles. The maximum atomic E-state index is 12.5. The molecule has 0 saturated carbocycles. The third kappa shape index (κ3) is 3.29. The van der Waals surface area contributed by atoms with Crippen LogP contribution in [0.2, 0.25) is 0 Å². The summed E-state index contributed by atoms with van der Waals surface area (Å²) in [6, 6.07) is 6.12. The van der Waals surface area contributed by atoms with E-state index in [1.54, 1.807) is 17.7 Å². The SMILES string of the molecule is CC(C)c1cc(N2CCN(C(=O)Cc3cccs3)CC2)nc2nncn12. The lowest BCUT2D eigenvalue weighted by Gasteiger charge is -2.35. The van der Waals surface area contributed by atoms with Crippen LogP contribution in [-0.2, 0) is 11.2 Å². The Morgan fingerprint density at radius 2 is 2.08 bits per heavy atom. The predicted octanol–water partition coefficient (Wildman–Crippen LogP) is 2.20. The van der Waals surface area contributed by atoms with E-state index >= 15 is 0 Å². The quantitative estimate of drug-likeness (QED) is 0.704. The molecule has 1 amide bonds. The minimum Gasteiger partial charge on any atom is -0.353 e. The molecule has 7 nitrogen and oxygen atoms in total. The molecule has 0 unspecified atom stereocenters. The van der Waals surface area contributed by atoms with E-state index in [4.69, 9.17) is 0 Å². The van der Waals surface area contributed by atoms with Gasteiger partial charge in [-0.05, 0) is 17.4 Å². The number of carbonyl (C=O) groups is 1. The van der Waals surface area contributed by atoms with Crippen molar-refractivity contribution in [2.24, 2.45) is 0 Å². The van der Waals surface area contributed by atoms with Gasteiger partial charge in [0.15, 0.2) is 0 Å². The third-order valence-electron chi connectivity index (χ3n) is 4.75. The number of carbonyl (C=O) groups excluding carboxylic acids is 1. The molecule has 0 aliphatic carbocycles. The molecule has 0 radical (unpaired) electrons. The predicted molar refractivity (Wildman–Crippen MR) is 102 cm³/mol. The van der Waals surface area contributed by atoms with Crippen molar-refractivity contribution in [3.05, 3.63) is 40.5 Å². The van der Waals surface area contributed by atoms with E-state index in [2.05, 4.69) is 40.0 Å². The first-order valence-corrected chi connectivity index (χ1v) is 9.75. The monoisotopic (exact) mass is 370 g/mol. The summed E-state index contributed by atoms with van der Waals surface area (Å²) in [5.41, 5.74) is 1.14. The highest BCUT2D eigenvalue weighted by molar-refractivity contribution is 7.10. The van der Waals surface area contributed by atoms with Crippen LogP contribution in [0.4, 0.5) is 5.82 Å². The van der Waals surface area contributed by atoms with Crippen LogP contribution in [0.25, 0.3) is 5.78 Å². The van der Waals surface area contributed by atoms with E-state index in [1.807, 2.05) is 26.8 Å². The zero-order valence-electron chi connectivity index (χ0n) is 15.0. The molecule has 136 valence electrons. The smallest absolute Gasteiger partial charge is 0.256 e. The van der Waals surface area contributed by atoms with Gasteiger partial charge in [0.05, 0.1) is 6.42 Å². The van der Waals surface area contributed by atoms with E-state index < -0.39 is 0 Å². The molecular weight excluding hydrogens is 348 g/mol. The van der Waals surface area contributed by atoms with E-state index in [0.717, 1.165) is 42.6 Å². The Morgan fingerprint density at radius 3 is 2.77 bits per heavy atom. The van der Waals surface area contributed by atoms with Gasteiger partial charge in [-0.25, -0.2) is 0 Å². The second-order valence-electron chi connectivity index (χ2n) is 6.82. The number of hydrogen-bond donors (Lipinski definition) is 0. The Hall–Kier alpha value is -2.48. The number of aromatic nitrogens is 4. The van der Waals surface area contributed by atoms with Gasteiger partial charge in [0.1, 0.15) is 12.1 Å². The number of fused-ring (bicyclic) bond motifs is 1. The molecule has 0 bridgehead atoms. The van der Waals surface area contributed by atoms with Crippen LogP contribution in [0, 0.1) is 0 Å². The summed E-state index contributed by atoms with van der Waals surface area (Å²) in [6.45, 7) is 7.32. The second kappa shape index (κ2) is 7.03. The lowest BCUT2D eigenvalue weighted by atomic mass is 10.1. The summed E-state index contributed by atoms with van der Waals surface area (Å²) in [5, 5.41) is 10.1. The summed E-state index contributed by atoms with van der Waals surface area (Å²) in [5.74, 6) is 2.10. The van der Waals surface area contributed by atoms with Gasteiger partial charge in [0.25, 0.3) is 5.78 Å². The zero-order valence-corrected chi connectivity index (χ0v) is 15.8. The fourth-order valence-corrected chi connectivity index (χ4v) is 3.99. The van der Waals surface area contributed by atoms with Gasteiger partial charge >= 0.3 is 0 Å². The molecule has 4 rings (SSSR count). The molecule has 8 heteroatoms. The second-order valence-corrected chi connectivity index (χ2v) is 7.85. The highest BCUT2D eigenvalue weighted by Gasteiger charge is 2.23. The van der Waals surface area contributed by atoms with Crippen LogP contribution in [0.15, 0.2) is 29.9 Å². The Bertz CT molecular complexity index is 896. The fourth-order valence-electron chi connectivity index (χ4n) is 3.29. The molecule has 0 spiro atoms. The molecule has 0 aromatic carbocycles. The summed E-state index contributed by atoms with van der Waals surface area (Å²) < 4.78 is 1.94. The summed E-state index contributed by atoms with van der Waals surface area (Å²) in [6.07, 6.45) is 2.21. The van der Waals surface area contributed by atoms with Crippen molar-refractivity contribution < 1.29 is 4.79 Å². The standard InChI is InChI=1S/C18H22N6OS/c1-13(2)15-11-16(20-18-21-19-12-24(15)18)22-5-7-23(8-6-22)17(25)10-14-4-3-9-26-14/h3-4,9,11-13H,5-8,10H2,1-2H3. The average Bonchev–Trinajstić information content (AvgIpc) is 3.32. The maximum Gasteiger partial charge on any atom is 0.256 e. The van der Waals surface area contributed by atoms with Gasteiger partial charge in [-0.15, -0.1) is 21.5 Å². The van der Waals surface area contributed by atoms with Gasteiger partial charge in [-0.1, -0.05) is 19.9 Å². The van der Waals surface area contributed by atoms with Gasteiger partial charge in [0, 0.05) is 42.8 Å². The number of amides is 1. The van der Waals surface area contributed by atoms with Crippen LogP contribution in [-0.4, -0.2) is 56.6 Å². The van der Waals surface area contributed by atoms with Crippen LogP contribution >= 0.6 is 11.3 Å². The minimum atomic E-state index is 0.204. The number of rotatable bonds is 4. The van der Waals surface area contributed by atoms with Crippen molar-refractivity contribution in [3.63, 3.8) is 0 Å². The molecule has 0 N–H and O–H groups in total. The third-order valence-corrected chi connectivity index (χ3v) is 5.63. The summed E-state index contributed by atoms with van der Waals surface area (Å²) in [4.78, 5) is 22.4. The molecule has 26 heavy (non-hydrogen) atoms. The molecular formula is C18H22N6OS. The lowest BCUT2D eigenvalue weighted by molar-refractivity contribution is -0.130. The van der Waals surface area contributed by atoms with E-state index in [1.165, 1.54) is 0 Å². The average molecular weight is 370 g/mol. The molecule has 3 aromatic heterocycles. The summed E-state index contributed by atoms with van der Waals surface area (Å²) >= 11 is 1.64. The van der Waals surface area contributed by atoms with Crippen molar-refractivity contribution in [3.8, 4) is 0 Å². The van der Waals surface area contributed by atoms with Crippen LogP contribution < -0.4 is 4.90 Å². The number of anilines is 1. The molecule has 1 saturated heterocycles. The van der Waals surface area contributed by atoms with E-state index in [0.29, 0.717) is 18.1 Å². The molecule has 1 aliphatic rings. The highest BCUT2D eigenvalue weighted by Crippen LogP contribution is 2.22. The normalized spacial score (nSPS) is 15.2. The Balaban J connectivity index is 1.46. The fraction of sp³-hybridized carbons (Fsp3) is 0.444. The highest BCUT2D eigenvalue weighted by atomic mass is 32.1. The van der Waals surface area contributed by atoms with Gasteiger partial charge in [-0.2, -0.15) is 4.98 Å². The number of piperazine rings is 1. The van der Waals surface area contributed by atoms with Gasteiger partial charge in [-0.3, -0.25) is 9.20 Å². The van der Waals surface area contributed by atoms with E-state index in [9.17, 15) is 4.79 Å². The molecule has 4 heterocycles. The van der Waals surface area contributed by atoms with Crippen molar-refractivity contribution in [2.75, 3.05) is 31.1 Å². The molecule has 3 aromatic rings. The van der Waals surface area contributed by atoms with Crippen molar-refractivity contribution >= 4 is 28.8 Å². The Labute approximate surface area is 156 Å². The number of thiophene rings is 1. The summed E-state index contributed by atoms with van der Waals surface area (Å²) in [7, 11) is 0. The lowest BCUT2D eigenvalue weighted by Crippen LogP contribution is -2.49. The van der Waals surface area contributed by atoms with E-state index in [-0.39, 0.29) is 5.91 Å². The molecule has 1 fully saturated rings. The first-order chi connectivity index (χ1) is 12.6. The topological polar surface area (TPSA) is 66.6 Å². The van der Waals surface area contributed by atoms with Crippen molar-refractivity contribution in [2.45, 2.75) is 26.2 Å². The van der Waals surface area contributed by atoms with Crippen molar-refractivity contribution in [1.29, 1.82) is 0 Å². The zero-order chi connectivity index (χ0) is 18.1. The Morgan fingerprint density at radius 1 is 1.27 bits per heavy atom. The largest absolute Gasteiger partial charge is 0.353 e. The number of nitrogens with zero attached hydrogens (tertiary/aromatic N) is 6. The van der Waals surface area contributed by atoms with Crippen molar-refractivity contribution in [1.82, 2.24) is 24.5 Å². The maximum absolute atomic E-state index is 12.5. The molecule has 0 atom stereocenters. The van der Waals surface area contributed by atoms with Crippen LogP contribution in [0.3, 0.4) is 0 Å². The van der Waals surface area contributed by atoms with Gasteiger partial charge in [0.2, 0.25) is 5.91 Å². The number of hydrogen-bond acceptors (Lipinski definition) is 6. The minimum absolute atomic E-state index is 0.204. The van der Waals surface area contributed by atoms with Crippen LogP contribution in [0.1, 0.15) is 30.3 Å². The first kappa shape index (κ1) is 17.0. The van der Waals surface area contributed by atoms with Crippen LogP contribution in [0.5, 0.6) is 0 Å². The first-order valence-electron chi connectivity index (χ1n) is 8.87. The Kier molecular flexibility index (Phi) is 4.58.